The van der Waals surface area contributed by atoms with Crippen LogP contribution < -0.4 is 5.56 Å². The lowest BCUT2D eigenvalue weighted by Crippen LogP contribution is -2.33. The summed E-state index contributed by atoms with van der Waals surface area (Å²) >= 11 is 0. The van der Waals surface area contributed by atoms with Crippen LogP contribution in [0.1, 0.15) is 34.3 Å². The number of aryl methyl sites for hydroxylation is 1. The Morgan fingerprint density at radius 1 is 1.37 bits per heavy atom. The first kappa shape index (κ1) is 19.2. The Balaban J connectivity index is 1.91. The third-order valence-electron chi connectivity index (χ3n) is 4.65. The number of halogens is 1. The van der Waals surface area contributed by atoms with E-state index in [1.807, 2.05) is 19.0 Å². The first-order valence-electron chi connectivity index (χ1n) is 8.74. The maximum atomic E-state index is 13.0. The smallest absolute Gasteiger partial charge is 0.296 e. The number of ether oxygens (including phenoxy) is 1. The fourth-order valence-electron chi connectivity index (χ4n) is 3.06. The van der Waals surface area contributed by atoms with Crippen molar-refractivity contribution in [3.05, 3.63) is 57.5 Å². The number of ketones is 1. The molecule has 1 atom stereocenters. The van der Waals surface area contributed by atoms with E-state index >= 15 is 0 Å². The summed E-state index contributed by atoms with van der Waals surface area (Å²) < 4.78 is 19.9. The molecule has 2 aromatic rings. The molecular formula is C19H22FN3O4. The third kappa shape index (κ3) is 4.06. The molecule has 1 N–H and O–H groups in total. The van der Waals surface area contributed by atoms with Gasteiger partial charge in [0.25, 0.3) is 5.56 Å². The highest BCUT2D eigenvalue weighted by Crippen LogP contribution is 2.22. The van der Waals surface area contributed by atoms with Crippen LogP contribution >= 0.6 is 0 Å². The minimum Gasteiger partial charge on any atom is -0.501 e. The second-order valence-corrected chi connectivity index (χ2v) is 6.73. The first-order chi connectivity index (χ1) is 12.9. The largest absolute Gasteiger partial charge is 0.501 e. The predicted molar refractivity (Wildman–Crippen MR) is 96.5 cm³/mol. The summed E-state index contributed by atoms with van der Waals surface area (Å²) in [6.07, 6.45) is 0.414. The van der Waals surface area contributed by atoms with Crippen LogP contribution in [0, 0.1) is 5.82 Å². The Bertz CT molecular complexity index is 893. The third-order valence-corrected chi connectivity index (χ3v) is 4.65. The summed E-state index contributed by atoms with van der Waals surface area (Å²) in [5.41, 5.74) is -0.0696. The lowest BCUT2D eigenvalue weighted by molar-refractivity contribution is 0.0867. The van der Waals surface area contributed by atoms with Gasteiger partial charge < -0.3 is 9.84 Å². The Hall–Kier alpha value is -2.58. The molecule has 0 aliphatic carbocycles. The van der Waals surface area contributed by atoms with E-state index < -0.39 is 17.1 Å². The topological polar surface area (TPSA) is 84.7 Å². The molecule has 0 spiro atoms. The molecule has 0 radical (unpaired) electrons. The number of likely N-dealkylation sites (N-methyl/N-ethyl adjacent to an activating group) is 1. The molecule has 1 aromatic carbocycles. The normalized spacial score (nSPS) is 16.8. The molecule has 0 amide bonds. The van der Waals surface area contributed by atoms with Gasteiger partial charge in [0.05, 0.1) is 25.8 Å². The predicted octanol–water partition coefficient (Wildman–Crippen LogP) is 1.54. The average Bonchev–Trinajstić information content (AvgIpc) is 2.86. The second-order valence-electron chi connectivity index (χ2n) is 6.73. The van der Waals surface area contributed by atoms with E-state index in [0.717, 1.165) is 5.56 Å². The summed E-state index contributed by atoms with van der Waals surface area (Å²) in [4.78, 5) is 31.4. The number of Topliss-reactive ketones (excluding diaryl/α,β-unsaturated/α-hetero) is 1. The standard InChI is InChI=1S/C19H22FN3O4/c1-22(2)14-11-27-10-9-23-18(14)21-16(17(25)19(23)26)15(24)8-5-12-3-6-13(20)7-4-12/h3-4,6-7,14,25H,5,8-11H2,1-2H3. The van der Waals surface area contributed by atoms with Crippen LogP contribution in [0.4, 0.5) is 4.39 Å². The van der Waals surface area contributed by atoms with E-state index in [1.54, 1.807) is 12.1 Å². The quantitative estimate of drug-likeness (QED) is 0.798. The van der Waals surface area contributed by atoms with Gasteiger partial charge in [-0.25, -0.2) is 9.37 Å². The number of aromatic hydroxyl groups is 1. The molecule has 2 heterocycles. The van der Waals surface area contributed by atoms with Gasteiger partial charge in [-0.05, 0) is 38.2 Å². The number of nitrogens with zero attached hydrogens (tertiary/aromatic N) is 3. The molecule has 0 bridgehead atoms. The number of rotatable bonds is 5. The molecule has 0 saturated heterocycles. The Labute approximate surface area is 156 Å². The lowest BCUT2D eigenvalue weighted by atomic mass is 10.1. The van der Waals surface area contributed by atoms with Gasteiger partial charge in [0, 0.05) is 6.42 Å². The van der Waals surface area contributed by atoms with Gasteiger partial charge in [0.1, 0.15) is 11.6 Å². The van der Waals surface area contributed by atoms with Gasteiger partial charge in [0.15, 0.2) is 11.5 Å². The van der Waals surface area contributed by atoms with E-state index in [0.29, 0.717) is 25.5 Å². The molecular weight excluding hydrogens is 353 g/mol. The molecule has 1 aliphatic heterocycles. The van der Waals surface area contributed by atoms with Gasteiger partial charge in [-0.15, -0.1) is 0 Å². The van der Waals surface area contributed by atoms with Crippen molar-refractivity contribution in [2.75, 3.05) is 27.3 Å². The van der Waals surface area contributed by atoms with E-state index in [4.69, 9.17) is 4.74 Å². The summed E-state index contributed by atoms with van der Waals surface area (Å²) in [7, 11) is 3.66. The van der Waals surface area contributed by atoms with Crippen molar-refractivity contribution in [2.24, 2.45) is 0 Å². The van der Waals surface area contributed by atoms with Crippen molar-refractivity contribution in [3.8, 4) is 5.75 Å². The fourth-order valence-corrected chi connectivity index (χ4v) is 3.06. The zero-order chi connectivity index (χ0) is 19.6. The molecule has 27 heavy (non-hydrogen) atoms. The monoisotopic (exact) mass is 375 g/mol. The second kappa shape index (κ2) is 7.98. The maximum absolute atomic E-state index is 13.0. The number of benzene rings is 1. The lowest BCUT2D eigenvalue weighted by Gasteiger charge is -2.23. The van der Waals surface area contributed by atoms with Crippen molar-refractivity contribution in [3.63, 3.8) is 0 Å². The number of fused-ring (bicyclic) bond motifs is 1. The van der Waals surface area contributed by atoms with Crippen LogP contribution in [-0.2, 0) is 17.7 Å². The zero-order valence-electron chi connectivity index (χ0n) is 15.3. The van der Waals surface area contributed by atoms with E-state index in [1.165, 1.54) is 16.7 Å². The number of carbonyl (C=O) groups is 1. The van der Waals surface area contributed by atoms with Crippen LogP contribution in [0.2, 0.25) is 0 Å². The van der Waals surface area contributed by atoms with Gasteiger partial charge in [0.2, 0.25) is 5.75 Å². The van der Waals surface area contributed by atoms with Crippen molar-refractivity contribution in [1.82, 2.24) is 14.5 Å². The SMILES string of the molecule is CN(C)C1COCCn2c1nc(C(=O)CCc1ccc(F)cc1)c(O)c2=O. The maximum Gasteiger partial charge on any atom is 0.296 e. The Morgan fingerprint density at radius 3 is 2.74 bits per heavy atom. The van der Waals surface area contributed by atoms with Crippen molar-refractivity contribution >= 4 is 5.78 Å². The van der Waals surface area contributed by atoms with Gasteiger partial charge in [-0.1, -0.05) is 12.1 Å². The van der Waals surface area contributed by atoms with Crippen LogP contribution in [-0.4, -0.2) is 52.6 Å². The number of carbonyl (C=O) groups excluding carboxylic acids is 1. The minimum atomic E-state index is -0.637. The van der Waals surface area contributed by atoms with Crippen LogP contribution in [0.25, 0.3) is 0 Å². The number of hydrogen-bond donors (Lipinski definition) is 1. The van der Waals surface area contributed by atoms with E-state index in [-0.39, 0.29) is 30.5 Å². The van der Waals surface area contributed by atoms with Crippen molar-refractivity contribution in [1.29, 1.82) is 0 Å². The molecule has 1 aromatic heterocycles. The van der Waals surface area contributed by atoms with Crippen LogP contribution in [0.5, 0.6) is 5.75 Å². The van der Waals surface area contributed by atoms with Gasteiger partial charge in [-0.2, -0.15) is 0 Å². The van der Waals surface area contributed by atoms with Crippen molar-refractivity contribution < 1.29 is 19.0 Å². The molecule has 3 rings (SSSR count). The number of aromatic nitrogens is 2. The van der Waals surface area contributed by atoms with Gasteiger partial charge >= 0.3 is 0 Å². The average molecular weight is 375 g/mol. The first-order valence-corrected chi connectivity index (χ1v) is 8.74. The van der Waals surface area contributed by atoms with Gasteiger partial charge in [-0.3, -0.25) is 19.1 Å². The van der Waals surface area contributed by atoms with Crippen molar-refractivity contribution in [2.45, 2.75) is 25.4 Å². The number of hydrogen-bond acceptors (Lipinski definition) is 6. The van der Waals surface area contributed by atoms with E-state index in [9.17, 15) is 19.1 Å². The van der Waals surface area contributed by atoms with Crippen LogP contribution in [0.15, 0.2) is 29.1 Å². The molecule has 144 valence electrons. The zero-order valence-corrected chi connectivity index (χ0v) is 15.3. The molecule has 8 heteroatoms. The van der Waals surface area contributed by atoms with Crippen LogP contribution in [0.3, 0.4) is 0 Å². The molecule has 1 unspecified atom stereocenters. The minimum absolute atomic E-state index is 0.0538. The summed E-state index contributed by atoms with van der Waals surface area (Å²) in [6.45, 7) is 0.937. The summed E-state index contributed by atoms with van der Waals surface area (Å²) in [6, 6.07) is 5.55. The highest BCUT2D eigenvalue weighted by Gasteiger charge is 2.28. The summed E-state index contributed by atoms with van der Waals surface area (Å²) in [5, 5.41) is 10.3. The molecule has 0 saturated carbocycles. The molecule has 1 aliphatic rings. The summed E-state index contributed by atoms with van der Waals surface area (Å²) in [5.74, 6) is -1.01. The highest BCUT2D eigenvalue weighted by molar-refractivity contribution is 5.96. The van der Waals surface area contributed by atoms with E-state index in [2.05, 4.69) is 4.98 Å². The fraction of sp³-hybridized carbons (Fsp3) is 0.421. The Morgan fingerprint density at radius 2 is 2.07 bits per heavy atom. The molecule has 7 nitrogen and oxygen atoms in total. The Kier molecular flexibility index (Phi) is 5.67. The molecule has 0 fully saturated rings. The highest BCUT2D eigenvalue weighted by atomic mass is 19.1.